The number of anilines is 2. The van der Waals surface area contributed by atoms with Crippen molar-refractivity contribution in [3.05, 3.63) is 52.5 Å². The maximum atomic E-state index is 12.7. The summed E-state index contributed by atoms with van der Waals surface area (Å²) in [6, 6.07) is 11.4. The molecule has 8 heteroatoms. The number of carbonyl (C=O) groups excluding carboxylic acids is 1. The van der Waals surface area contributed by atoms with Gasteiger partial charge in [-0.05, 0) is 69.7 Å². The molecule has 0 bridgehead atoms. The van der Waals surface area contributed by atoms with Crippen molar-refractivity contribution in [2.75, 3.05) is 10.0 Å². The van der Waals surface area contributed by atoms with Crippen LogP contribution in [0.1, 0.15) is 26.3 Å². The number of carbonyl (C=O) groups is 1. The lowest BCUT2D eigenvalue weighted by Gasteiger charge is -2.20. The smallest absolute Gasteiger partial charge is 0.412 e. The molecule has 2 rings (SSSR count). The molecule has 0 unspecified atom stereocenters. The van der Waals surface area contributed by atoms with Gasteiger partial charge in [-0.3, -0.25) is 10.0 Å². The van der Waals surface area contributed by atoms with Crippen molar-refractivity contribution in [3.8, 4) is 0 Å². The molecule has 1 amide bonds. The van der Waals surface area contributed by atoms with Gasteiger partial charge in [0, 0.05) is 15.8 Å². The van der Waals surface area contributed by atoms with Crippen LogP contribution in [0.5, 0.6) is 0 Å². The first kappa shape index (κ1) is 20.3. The lowest BCUT2D eigenvalue weighted by molar-refractivity contribution is 0.0636. The summed E-state index contributed by atoms with van der Waals surface area (Å²) in [7, 11) is -3.81. The normalized spacial score (nSPS) is 11.7. The molecule has 0 aromatic heterocycles. The zero-order chi connectivity index (χ0) is 19.5. The van der Waals surface area contributed by atoms with Crippen LogP contribution in [0, 0.1) is 6.92 Å². The molecule has 0 atom stereocenters. The van der Waals surface area contributed by atoms with E-state index in [1.807, 2.05) is 0 Å². The number of hydrogen-bond acceptors (Lipinski definition) is 4. The van der Waals surface area contributed by atoms with E-state index in [-0.39, 0.29) is 4.90 Å². The second kappa shape index (κ2) is 7.67. The van der Waals surface area contributed by atoms with Crippen molar-refractivity contribution in [3.63, 3.8) is 0 Å². The fourth-order valence-electron chi connectivity index (χ4n) is 2.12. The van der Waals surface area contributed by atoms with Crippen molar-refractivity contribution in [2.24, 2.45) is 0 Å². The SMILES string of the molecule is Cc1ccc(NC(=O)OC(C)(C)C)cc1S(=O)(=O)Nc1ccc(Br)cc1. The van der Waals surface area contributed by atoms with E-state index < -0.39 is 21.7 Å². The molecule has 0 aliphatic rings. The van der Waals surface area contributed by atoms with Crippen molar-refractivity contribution in [1.29, 1.82) is 0 Å². The summed E-state index contributed by atoms with van der Waals surface area (Å²) in [5.74, 6) is 0. The zero-order valence-corrected chi connectivity index (χ0v) is 17.4. The largest absolute Gasteiger partial charge is 0.444 e. The summed E-state index contributed by atoms with van der Waals surface area (Å²) in [5, 5.41) is 2.55. The summed E-state index contributed by atoms with van der Waals surface area (Å²) in [5.41, 5.74) is 0.691. The molecular formula is C18H21BrN2O4S. The number of rotatable bonds is 4. The predicted molar refractivity (Wildman–Crippen MR) is 106 cm³/mol. The van der Waals surface area contributed by atoms with E-state index in [4.69, 9.17) is 4.74 Å². The van der Waals surface area contributed by atoms with E-state index in [0.29, 0.717) is 16.9 Å². The number of nitrogens with one attached hydrogen (secondary N) is 2. The zero-order valence-electron chi connectivity index (χ0n) is 15.0. The molecule has 140 valence electrons. The number of halogens is 1. The molecule has 26 heavy (non-hydrogen) atoms. The van der Waals surface area contributed by atoms with Gasteiger partial charge in [0.2, 0.25) is 0 Å². The lowest BCUT2D eigenvalue weighted by Crippen LogP contribution is -2.27. The first-order valence-electron chi connectivity index (χ1n) is 7.85. The Bertz CT molecular complexity index is 904. The molecule has 0 spiro atoms. The number of ether oxygens (including phenoxy) is 1. The van der Waals surface area contributed by atoms with Gasteiger partial charge in [-0.2, -0.15) is 0 Å². The van der Waals surface area contributed by atoms with Crippen molar-refractivity contribution < 1.29 is 17.9 Å². The average Bonchev–Trinajstić information content (AvgIpc) is 2.49. The third-order valence-corrected chi connectivity index (χ3v) is 5.27. The highest BCUT2D eigenvalue weighted by Gasteiger charge is 2.20. The first-order valence-corrected chi connectivity index (χ1v) is 10.1. The fraction of sp³-hybridized carbons (Fsp3) is 0.278. The van der Waals surface area contributed by atoms with Gasteiger partial charge in [0.1, 0.15) is 5.60 Å². The van der Waals surface area contributed by atoms with Crippen LogP contribution in [0.25, 0.3) is 0 Å². The third-order valence-electron chi connectivity index (χ3n) is 3.22. The molecule has 2 aromatic rings. The van der Waals surface area contributed by atoms with E-state index >= 15 is 0 Å². The molecular weight excluding hydrogens is 420 g/mol. The number of hydrogen-bond donors (Lipinski definition) is 2. The van der Waals surface area contributed by atoms with E-state index in [9.17, 15) is 13.2 Å². The summed E-state index contributed by atoms with van der Waals surface area (Å²) in [4.78, 5) is 12.0. The molecule has 6 nitrogen and oxygen atoms in total. The minimum Gasteiger partial charge on any atom is -0.444 e. The Kier molecular flexibility index (Phi) is 5.98. The molecule has 0 saturated heterocycles. The standard InChI is InChI=1S/C18H21BrN2O4S/c1-12-5-8-15(20-17(22)25-18(2,3)4)11-16(12)26(23,24)21-14-9-6-13(19)7-10-14/h5-11,21H,1-4H3,(H,20,22). The molecule has 2 aromatic carbocycles. The summed E-state index contributed by atoms with van der Waals surface area (Å²) < 4.78 is 34.0. The van der Waals surface area contributed by atoms with Crippen LogP contribution >= 0.6 is 15.9 Å². The first-order chi connectivity index (χ1) is 12.0. The Hall–Kier alpha value is -2.06. The van der Waals surface area contributed by atoms with Crippen LogP contribution in [0.15, 0.2) is 51.8 Å². The maximum absolute atomic E-state index is 12.7. The van der Waals surface area contributed by atoms with Gasteiger partial charge >= 0.3 is 6.09 Å². The second-order valence-electron chi connectivity index (χ2n) is 6.72. The van der Waals surface area contributed by atoms with Crippen LogP contribution in [0.2, 0.25) is 0 Å². The molecule has 0 aliphatic carbocycles. The van der Waals surface area contributed by atoms with Crippen LogP contribution in [0.4, 0.5) is 16.2 Å². The molecule has 0 aliphatic heterocycles. The Morgan fingerprint density at radius 2 is 1.62 bits per heavy atom. The quantitative estimate of drug-likeness (QED) is 0.707. The highest BCUT2D eigenvalue weighted by atomic mass is 79.9. The van der Waals surface area contributed by atoms with Crippen LogP contribution in [0.3, 0.4) is 0 Å². The Morgan fingerprint density at radius 1 is 1.04 bits per heavy atom. The lowest BCUT2D eigenvalue weighted by atomic mass is 10.2. The van der Waals surface area contributed by atoms with Gasteiger partial charge in [0.15, 0.2) is 0 Å². The number of benzene rings is 2. The number of sulfonamides is 1. The van der Waals surface area contributed by atoms with Crippen LogP contribution in [-0.2, 0) is 14.8 Å². The fourth-order valence-corrected chi connectivity index (χ4v) is 3.71. The number of amides is 1. The molecule has 0 fully saturated rings. The van der Waals surface area contributed by atoms with E-state index in [0.717, 1.165) is 4.47 Å². The summed E-state index contributed by atoms with van der Waals surface area (Å²) >= 11 is 3.31. The van der Waals surface area contributed by atoms with Crippen molar-refractivity contribution in [1.82, 2.24) is 0 Å². The van der Waals surface area contributed by atoms with Gasteiger partial charge in [-0.25, -0.2) is 13.2 Å². The Morgan fingerprint density at radius 3 is 2.19 bits per heavy atom. The van der Waals surface area contributed by atoms with Gasteiger partial charge in [-0.1, -0.05) is 22.0 Å². The van der Waals surface area contributed by atoms with Crippen molar-refractivity contribution >= 4 is 43.4 Å². The summed E-state index contributed by atoms with van der Waals surface area (Å²) in [6.07, 6.45) is -0.648. The van der Waals surface area contributed by atoms with E-state index in [1.165, 1.54) is 6.07 Å². The predicted octanol–water partition coefficient (Wildman–Crippen LogP) is 4.91. The van der Waals surface area contributed by atoms with Gasteiger partial charge in [-0.15, -0.1) is 0 Å². The average molecular weight is 441 g/mol. The van der Waals surface area contributed by atoms with Crippen molar-refractivity contribution in [2.45, 2.75) is 38.2 Å². The van der Waals surface area contributed by atoms with Gasteiger partial charge in [0.25, 0.3) is 10.0 Å². The van der Waals surface area contributed by atoms with Crippen LogP contribution < -0.4 is 10.0 Å². The maximum Gasteiger partial charge on any atom is 0.412 e. The second-order valence-corrected chi connectivity index (χ2v) is 9.29. The third kappa shape index (κ3) is 5.74. The van der Waals surface area contributed by atoms with E-state index in [2.05, 4.69) is 26.0 Å². The van der Waals surface area contributed by atoms with E-state index in [1.54, 1.807) is 64.1 Å². The highest BCUT2D eigenvalue weighted by Crippen LogP contribution is 2.24. The summed E-state index contributed by atoms with van der Waals surface area (Å²) in [6.45, 7) is 6.94. The number of aryl methyl sites for hydroxylation is 1. The Labute approximate surface area is 162 Å². The molecule has 0 saturated carbocycles. The topological polar surface area (TPSA) is 84.5 Å². The van der Waals surface area contributed by atoms with Crippen LogP contribution in [-0.4, -0.2) is 20.1 Å². The molecule has 0 radical (unpaired) electrons. The molecule has 0 heterocycles. The van der Waals surface area contributed by atoms with Gasteiger partial charge < -0.3 is 4.74 Å². The highest BCUT2D eigenvalue weighted by molar-refractivity contribution is 9.10. The Balaban J connectivity index is 2.25. The minimum atomic E-state index is -3.81. The minimum absolute atomic E-state index is 0.0778. The monoisotopic (exact) mass is 440 g/mol. The molecule has 2 N–H and O–H groups in total. The van der Waals surface area contributed by atoms with Gasteiger partial charge in [0.05, 0.1) is 4.90 Å².